The van der Waals surface area contributed by atoms with E-state index in [0.29, 0.717) is 0 Å². The first kappa shape index (κ1) is 19.8. The molecule has 3 rings (SSSR count). The number of nitrogens with zero attached hydrogens (tertiary/aromatic N) is 1. The van der Waals surface area contributed by atoms with Crippen LogP contribution in [0.15, 0.2) is 60.7 Å². The van der Waals surface area contributed by atoms with E-state index in [0.717, 1.165) is 30.7 Å². The van der Waals surface area contributed by atoms with E-state index >= 15 is 0 Å². The number of hydrogen-bond acceptors (Lipinski definition) is 2. The van der Waals surface area contributed by atoms with Gasteiger partial charge in [0.05, 0.1) is 5.52 Å². The van der Waals surface area contributed by atoms with Gasteiger partial charge in [0.1, 0.15) is 0 Å². The minimum atomic E-state index is -1.67. The maximum atomic E-state index is 6.33. The highest BCUT2D eigenvalue weighted by Gasteiger charge is 2.36. The van der Waals surface area contributed by atoms with Crippen molar-refractivity contribution in [1.82, 2.24) is 4.98 Å². The number of benzene rings is 2. The van der Waals surface area contributed by atoms with Crippen molar-refractivity contribution in [3.05, 3.63) is 66.4 Å². The van der Waals surface area contributed by atoms with Crippen molar-refractivity contribution in [2.45, 2.75) is 51.7 Å². The summed E-state index contributed by atoms with van der Waals surface area (Å²) < 4.78 is 6.33. The third-order valence-electron chi connectivity index (χ3n) is 5.70. The Morgan fingerprint density at radius 1 is 0.926 bits per heavy atom. The third-order valence-corrected chi connectivity index (χ3v) is 10.2. The lowest BCUT2D eigenvalue weighted by Crippen LogP contribution is -2.41. The molecule has 1 aromatic heterocycles. The molecular formula is C24H31NOSi. The van der Waals surface area contributed by atoms with Crippen molar-refractivity contribution in [2.24, 2.45) is 0 Å². The summed E-state index contributed by atoms with van der Waals surface area (Å²) in [6.45, 7) is 12.3. The second kappa shape index (κ2) is 7.95. The zero-order valence-corrected chi connectivity index (χ0v) is 18.3. The number of pyridine rings is 1. The Bertz CT molecular complexity index is 897. The van der Waals surface area contributed by atoms with Crippen molar-refractivity contribution < 1.29 is 4.43 Å². The predicted octanol–water partition coefficient (Wildman–Crippen LogP) is 6.86. The molecule has 0 radical (unpaired) electrons. The van der Waals surface area contributed by atoms with Crippen molar-refractivity contribution >= 4 is 19.2 Å². The fraction of sp³-hybridized carbons (Fsp3) is 0.375. The maximum absolute atomic E-state index is 6.33. The minimum Gasteiger partial charge on any atom is -0.417 e. The SMILES string of the molecule is CC(C)(C)[Si](C)(C)OCCCc1cc(-c2ccccc2)c2ccccc2n1. The molecule has 0 fully saturated rings. The number of aromatic nitrogens is 1. The van der Waals surface area contributed by atoms with Crippen molar-refractivity contribution in [1.29, 1.82) is 0 Å². The van der Waals surface area contributed by atoms with Gasteiger partial charge in [0, 0.05) is 17.7 Å². The van der Waals surface area contributed by atoms with E-state index in [1.54, 1.807) is 0 Å². The molecule has 0 aliphatic heterocycles. The number of hydrogen-bond donors (Lipinski definition) is 0. The lowest BCUT2D eigenvalue weighted by atomic mass is 9.99. The van der Waals surface area contributed by atoms with E-state index in [-0.39, 0.29) is 5.04 Å². The van der Waals surface area contributed by atoms with E-state index in [4.69, 9.17) is 9.41 Å². The lowest BCUT2D eigenvalue weighted by molar-refractivity contribution is 0.282. The largest absolute Gasteiger partial charge is 0.417 e. The molecule has 0 unspecified atom stereocenters. The molecular weight excluding hydrogens is 346 g/mol. The fourth-order valence-electron chi connectivity index (χ4n) is 3.01. The highest BCUT2D eigenvalue weighted by molar-refractivity contribution is 6.74. The van der Waals surface area contributed by atoms with E-state index in [1.807, 2.05) is 0 Å². The van der Waals surface area contributed by atoms with Crippen LogP contribution in [0.2, 0.25) is 18.1 Å². The van der Waals surface area contributed by atoms with E-state index in [1.165, 1.54) is 16.5 Å². The Balaban J connectivity index is 1.78. The topological polar surface area (TPSA) is 22.1 Å². The van der Waals surface area contributed by atoms with Crippen LogP contribution in [0.3, 0.4) is 0 Å². The summed E-state index contributed by atoms with van der Waals surface area (Å²) in [5.74, 6) is 0. The average Bonchev–Trinajstić information content (AvgIpc) is 2.64. The van der Waals surface area contributed by atoms with Gasteiger partial charge in [-0.15, -0.1) is 0 Å². The molecule has 0 aliphatic rings. The van der Waals surface area contributed by atoms with Gasteiger partial charge in [0.2, 0.25) is 0 Å². The van der Waals surface area contributed by atoms with Gasteiger partial charge in [-0.1, -0.05) is 69.3 Å². The number of fused-ring (bicyclic) bond motifs is 1. The molecule has 2 nitrogen and oxygen atoms in total. The summed E-state index contributed by atoms with van der Waals surface area (Å²) in [7, 11) is -1.67. The summed E-state index contributed by atoms with van der Waals surface area (Å²) in [4.78, 5) is 4.90. The van der Waals surface area contributed by atoms with Crippen LogP contribution in [-0.4, -0.2) is 19.9 Å². The van der Waals surface area contributed by atoms with Crippen LogP contribution in [0, 0.1) is 0 Å². The van der Waals surface area contributed by atoms with Crippen molar-refractivity contribution in [3.63, 3.8) is 0 Å². The van der Waals surface area contributed by atoms with Gasteiger partial charge in [-0.25, -0.2) is 0 Å². The molecule has 0 saturated carbocycles. The lowest BCUT2D eigenvalue weighted by Gasteiger charge is -2.36. The quantitative estimate of drug-likeness (QED) is 0.346. The van der Waals surface area contributed by atoms with Crippen LogP contribution < -0.4 is 0 Å². The minimum absolute atomic E-state index is 0.259. The summed E-state index contributed by atoms with van der Waals surface area (Å²) in [6, 6.07) is 21.3. The van der Waals surface area contributed by atoms with E-state index in [2.05, 4.69) is 94.5 Å². The van der Waals surface area contributed by atoms with Crippen LogP contribution in [0.5, 0.6) is 0 Å². The van der Waals surface area contributed by atoms with E-state index < -0.39 is 8.32 Å². The Morgan fingerprint density at radius 3 is 2.30 bits per heavy atom. The van der Waals surface area contributed by atoms with Gasteiger partial charge in [-0.3, -0.25) is 4.98 Å². The Kier molecular flexibility index (Phi) is 5.83. The first-order valence-corrected chi connectivity index (χ1v) is 12.8. The number of aryl methyl sites for hydroxylation is 1. The average molecular weight is 378 g/mol. The molecule has 3 aromatic rings. The van der Waals surface area contributed by atoms with Gasteiger partial charge < -0.3 is 4.43 Å². The normalized spacial score (nSPS) is 12.5. The first-order valence-electron chi connectivity index (χ1n) is 9.86. The highest BCUT2D eigenvalue weighted by atomic mass is 28.4. The Hall–Kier alpha value is -1.97. The molecule has 0 bridgehead atoms. The zero-order valence-electron chi connectivity index (χ0n) is 17.3. The summed E-state index contributed by atoms with van der Waals surface area (Å²) in [5.41, 5.74) is 4.72. The summed E-state index contributed by atoms with van der Waals surface area (Å²) in [5, 5.41) is 1.47. The molecule has 0 atom stereocenters. The molecule has 0 N–H and O–H groups in total. The second-order valence-electron chi connectivity index (χ2n) is 8.76. The highest BCUT2D eigenvalue weighted by Crippen LogP contribution is 2.36. The molecule has 2 aromatic carbocycles. The van der Waals surface area contributed by atoms with Crippen LogP contribution in [-0.2, 0) is 10.8 Å². The van der Waals surface area contributed by atoms with Crippen LogP contribution in [0.25, 0.3) is 22.0 Å². The maximum Gasteiger partial charge on any atom is 0.191 e. The van der Waals surface area contributed by atoms with Crippen LogP contribution >= 0.6 is 0 Å². The van der Waals surface area contributed by atoms with Gasteiger partial charge in [0.15, 0.2) is 8.32 Å². The molecule has 0 spiro atoms. The molecule has 0 saturated heterocycles. The van der Waals surface area contributed by atoms with Crippen molar-refractivity contribution in [2.75, 3.05) is 6.61 Å². The molecule has 27 heavy (non-hydrogen) atoms. The monoisotopic (exact) mass is 377 g/mol. The van der Waals surface area contributed by atoms with Gasteiger partial charge in [0.25, 0.3) is 0 Å². The third kappa shape index (κ3) is 4.66. The van der Waals surface area contributed by atoms with Gasteiger partial charge in [-0.2, -0.15) is 0 Å². The second-order valence-corrected chi connectivity index (χ2v) is 13.6. The van der Waals surface area contributed by atoms with Gasteiger partial charge in [-0.05, 0) is 54.2 Å². The summed E-state index contributed by atoms with van der Waals surface area (Å²) >= 11 is 0. The summed E-state index contributed by atoms with van der Waals surface area (Å²) in [6.07, 6.45) is 1.95. The molecule has 3 heteroatoms. The smallest absolute Gasteiger partial charge is 0.191 e. The number of para-hydroxylation sites is 1. The Labute approximate surface area is 164 Å². The first-order chi connectivity index (χ1) is 12.8. The zero-order chi connectivity index (χ0) is 19.5. The Morgan fingerprint density at radius 2 is 1.59 bits per heavy atom. The number of rotatable bonds is 6. The van der Waals surface area contributed by atoms with Gasteiger partial charge >= 0.3 is 0 Å². The molecule has 0 aliphatic carbocycles. The standard InChI is InChI=1S/C24H31NOSi/c1-24(2,3)27(4,5)26-17-11-14-20-18-22(19-12-7-6-8-13-19)21-15-9-10-16-23(21)25-20/h6-10,12-13,15-16,18H,11,14,17H2,1-5H3. The van der Waals surface area contributed by atoms with Crippen LogP contribution in [0.4, 0.5) is 0 Å². The van der Waals surface area contributed by atoms with E-state index in [9.17, 15) is 0 Å². The fourth-order valence-corrected chi connectivity index (χ4v) is 4.10. The van der Waals surface area contributed by atoms with Crippen molar-refractivity contribution in [3.8, 4) is 11.1 Å². The molecule has 1 heterocycles. The molecule has 0 amide bonds. The molecule has 142 valence electrons. The van der Waals surface area contributed by atoms with Crippen LogP contribution in [0.1, 0.15) is 32.9 Å². The predicted molar refractivity (Wildman–Crippen MR) is 119 cm³/mol.